The van der Waals surface area contributed by atoms with Crippen molar-refractivity contribution in [3.05, 3.63) is 49.9 Å². The Balaban J connectivity index is 2.40. The molecule has 1 N–H and O–H groups in total. The summed E-state index contributed by atoms with van der Waals surface area (Å²) in [6.07, 6.45) is 0. The molecule has 1 amide bonds. The predicted molar refractivity (Wildman–Crippen MR) is 94.4 cm³/mol. The van der Waals surface area contributed by atoms with Crippen molar-refractivity contribution in [1.82, 2.24) is 0 Å². The summed E-state index contributed by atoms with van der Waals surface area (Å²) in [5.74, 6) is 0.631. The van der Waals surface area contributed by atoms with Crippen LogP contribution in [-0.2, 0) is 0 Å². The lowest BCUT2D eigenvalue weighted by Crippen LogP contribution is -2.14. The van der Waals surface area contributed by atoms with Crippen LogP contribution in [0.5, 0.6) is 11.5 Å². The summed E-state index contributed by atoms with van der Waals surface area (Å²) in [5.41, 5.74) is 0.865. The Morgan fingerprint density at radius 1 is 1.14 bits per heavy atom. The maximum Gasteiger partial charge on any atom is 0.259 e. The SMILES string of the molecule is COc1ccc(Cl)cc1NC(=O)c1cc(Br)cc(Br)c1OC. The van der Waals surface area contributed by atoms with Gasteiger partial charge in [0, 0.05) is 9.50 Å². The molecule has 0 unspecified atom stereocenters. The van der Waals surface area contributed by atoms with Crippen LogP contribution in [0.1, 0.15) is 10.4 Å². The zero-order chi connectivity index (χ0) is 16.3. The quantitative estimate of drug-likeness (QED) is 0.704. The molecule has 0 aliphatic rings. The van der Waals surface area contributed by atoms with Gasteiger partial charge in [0.15, 0.2) is 0 Å². The van der Waals surface area contributed by atoms with Gasteiger partial charge in [-0.25, -0.2) is 0 Å². The summed E-state index contributed by atoms with van der Waals surface area (Å²) in [6.45, 7) is 0. The molecule has 0 heterocycles. The number of carbonyl (C=O) groups excluding carboxylic acids is 1. The first kappa shape index (κ1) is 17.1. The number of hydrogen-bond acceptors (Lipinski definition) is 3. The predicted octanol–water partition coefficient (Wildman–Crippen LogP) is 5.13. The minimum atomic E-state index is -0.334. The van der Waals surface area contributed by atoms with E-state index in [0.717, 1.165) is 4.47 Å². The van der Waals surface area contributed by atoms with Crippen molar-refractivity contribution in [3.63, 3.8) is 0 Å². The standard InChI is InChI=1S/C15H12Br2ClNO3/c1-21-13-4-3-9(18)7-12(13)19-15(20)10-5-8(16)6-11(17)14(10)22-2/h3-7H,1-2H3,(H,19,20). The van der Waals surface area contributed by atoms with E-state index in [1.54, 1.807) is 30.3 Å². The van der Waals surface area contributed by atoms with E-state index in [4.69, 9.17) is 21.1 Å². The van der Waals surface area contributed by atoms with Gasteiger partial charge in [-0.05, 0) is 46.3 Å². The summed E-state index contributed by atoms with van der Waals surface area (Å²) in [7, 11) is 3.03. The normalized spacial score (nSPS) is 10.2. The van der Waals surface area contributed by atoms with Gasteiger partial charge in [0.05, 0.1) is 29.9 Å². The summed E-state index contributed by atoms with van der Waals surface area (Å²) in [4.78, 5) is 12.5. The molecule has 7 heteroatoms. The van der Waals surface area contributed by atoms with Crippen LogP contribution < -0.4 is 14.8 Å². The molecular formula is C15H12Br2ClNO3. The minimum Gasteiger partial charge on any atom is -0.495 e. The number of rotatable bonds is 4. The van der Waals surface area contributed by atoms with Crippen LogP contribution in [0.4, 0.5) is 5.69 Å². The average Bonchev–Trinajstić information content (AvgIpc) is 2.46. The van der Waals surface area contributed by atoms with E-state index >= 15 is 0 Å². The molecule has 0 aliphatic heterocycles. The van der Waals surface area contributed by atoms with Gasteiger partial charge in [-0.15, -0.1) is 0 Å². The molecule has 22 heavy (non-hydrogen) atoms. The third-order valence-electron chi connectivity index (χ3n) is 2.87. The van der Waals surface area contributed by atoms with Gasteiger partial charge < -0.3 is 14.8 Å². The zero-order valence-electron chi connectivity index (χ0n) is 11.7. The highest BCUT2D eigenvalue weighted by molar-refractivity contribution is 9.11. The van der Waals surface area contributed by atoms with Crippen LogP contribution in [-0.4, -0.2) is 20.1 Å². The fourth-order valence-electron chi connectivity index (χ4n) is 1.90. The lowest BCUT2D eigenvalue weighted by Gasteiger charge is -2.13. The summed E-state index contributed by atoms with van der Waals surface area (Å²) >= 11 is 12.7. The van der Waals surface area contributed by atoms with Gasteiger partial charge in [0.1, 0.15) is 11.5 Å². The van der Waals surface area contributed by atoms with E-state index in [9.17, 15) is 4.79 Å². The van der Waals surface area contributed by atoms with E-state index in [-0.39, 0.29) is 5.91 Å². The first-order valence-corrected chi connectivity index (χ1v) is 8.10. The molecule has 0 aliphatic carbocycles. The molecule has 4 nitrogen and oxygen atoms in total. The van der Waals surface area contributed by atoms with Crippen LogP contribution in [0.3, 0.4) is 0 Å². The first-order valence-electron chi connectivity index (χ1n) is 6.14. The van der Waals surface area contributed by atoms with E-state index in [0.29, 0.717) is 32.2 Å². The lowest BCUT2D eigenvalue weighted by molar-refractivity contribution is 0.102. The number of nitrogens with one attached hydrogen (secondary N) is 1. The van der Waals surface area contributed by atoms with Crippen molar-refractivity contribution >= 4 is 55.1 Å². The number of carbonyl (C=O) groups is 1. The topological polar surface area (TPSA) is 47.6 Å². The van der Waals surface area contributed by atoms with Gasteiger partial charge in [-0.1, -0.05) is 27.5 Å². The highest BCUT2D eigenvalue weighted by Crippen LogP contribution is 2.34. The molecule has 0 bridgehead atoms. The first-order chi connectivity index (χ1) is 10.5. The number of hydrogen-bond donors (Lipinski definition) is 1. The smallest absolute Gasteiger partial charge is 0.259 e. The Morgan fingerprint density at radius 2 is 1.86 bits per heavy atom. The van der Waals surface area contributed by atoms with Crippen molar-refractivity contribution in [2.45, 2.75) is 0 Å². The number of amides is 1. The largest absolute Gasteiger partial charge is 0.495 e. The summed E-state index contributed by atoms with van der Waals surface area (Å²) in [6, 6.07) is 8.47. The van der Waals surface area contributed by atoms with Gasteiger partial charge in [-0.2, -0.15) is 0 Å². The molecule has 2 aromatic carbocycles. The fraction of sp³-hybridized carbons (Fsp3) is 0.133. The van der Waals surface area contributed by atoms with E-state index in [2.05, 4.69) is 37.2 Å². The Hall–Kier alpha value is -1.24. The highest BCUT2D eigenvalue weighted by atomic mass is 79.9. The maximum atomic E-state index is 12.5. The Morgan fingerprint density at radius 3 is 2.50 bits per heavy atom. The van der Waals surface area contributed by atoms with Crippen molar-refractivity contribution in [1.29, 1.82) is 0 Å². The Labute approximate surface area is 150 Å². The molecular weight excluding hydrogens is 437 g/mol. The molecule has 0 radical (unpaired) electrons. The number of benzene rings is 2. The number of ether oxygens (including phenoxy) is 2. The van der Waals surface area contributed by atoms with Crippen LogP contribution in [0.15, 0.2) is 39.3 Å². The van der Waals surface area contributed by atoms with Crippen LogP contribution in [0, 0.1) is 0 Å². The zero-order valence-corrected chi connectivity index (χ0v) is 15.7. The van der Waals surface area contributed by atoms with Crippen molar-refractivity contribution < 1.29 is 14.3 Å². The molecule has 2 aromatic rings. The second-order valence-corrected chi connectivity index (χ2v) is 6.47. The van der Waals surface area contributed by atoms with Gasteiger partial charge >= 0.3 is 0 Å². The molecule has 2 rings (SSSR count). The summed E-state index contributed by atoms with van der Waals surface area (Å²) in [5, 5.41) is 3.28. The number of methoxy groups -OCH3 is 2. The second kappa shape index (κ2) is 7.35. The van der Waals surface area contributed by atoms with Crippen LogP contribution in [0.25, 0.3) is 0 Å². The number of anilines is 1. The fourth-order valence-corrected chi connectivity index (χ4v) is 3.46. The van der Waals surface area contributed by atoms with Crippen molar-refractivity contribution in [2.75, 3.05) is 19.5 Å². The molecule has 0 aromatic heterocycles. The monoisotopic (exact) mass is 447 g/mol. The number of halogens is 3. The van der Waals surface area contributed by atoms with E-state index in [1.807, 2.05) is 0 Å². The molecule has 0 saturated carbocycles. The van der Waals surface area contributed by atoms with Gasteiger partial charge in [0.2, 0.25) is 0 Å². The molecule has 0 atom stereocenters. The van der Waals surface area contributed by atoms with Gasteiger partial charge in [0.25, 0.3) is 5.91 Å². The van der Waals surface area contributed by atoms with Crippen molar-refractivity contribution in [2.24, 2.45) is 0 Å². The summed E-state index contributed by atoms with van der Waals surface area (Å²) < 4.78 is 11.9. The molecule has 0 saturated heterocycles. The molecule has 0 spiro atoms. The third kappa shape index (κ3) is 3.74. The lowest BCUT2D eigenvalue weighted by atomic mass is 10.1. The maximum absolute atomic E-state index is 12.5. The van der Waals surface area contributed by atoms with Crippen LogP contribution in [0.2, 0.25) is 5.02 Å². The molecule has 116 valence electrons. The third-order valence-corrected chi connectivity index (χ3v) is 4.15. The van der Waals surface area contributed by atoms with E-state index in [1.165, 1.54) is 14.2 Å². The highest BCUT2D eigenvalue weighted by Gasteiger charge is 2.18. The van der Waals surface area contributed by atoms with Crippen LogP contribution >= 0.6 is 43.5 Å². The Kier molecular flexibility index (Phi) is 5.72. The minimum absolute atomic E-state index is 0.334. The Bertz CT molecular complexity index is 722. The van der Waals surface area contributed by atoms with E-state index < -0.39 is 0 Å². The van der Waals surface area contributed by atoms with Crippen molar-refractivity contribution in [3.8, 4) is 11.5 Å². The second-order valence-electron chi connectivity index (χ2n) is 4.27. The average molecular weight is 450 g/mol. The van der Waals surface area contributed by atoms with Gasteiger partial charge in [-0.3, -0.25) is 4.79 Å². The molecule has 0 fully saturated rings.